The summed E-state index contributed by atoms with van der Waals surface area (Å²) in [4.78, 5) is 31.1. The average Bonchev–Trinajstić information content (AvgIpc) is 2.63. The van der Waals surface area contributed by atoms with Crippen LogP contribution in [0.3, 0.4) is 0 Å². The lowest BCUT2D eigenvalue weighted by molar-refractivity contribution is -0.135. The molecule has 2 aromatic rings. The van der Waals surface area contributed by atoms with Gasteiger partial charge in [0.15, 0.2) is 12.4 Å². The van der Waals surface area contributed by atoms with Crippen molar-refractivity contribution in [3.63, 3.8) is 0 Å². The average molecular weight is 376 g/mol. The van der Waals surface area contributed by atoms with Gasteiger partial charge in [0.2, 0.25) is 5.43 Å². The Bertz CT molecular complexity index is 829. The number of nitrogens with zero attached hydrogens (tertiary/aromatic N) is 2. The lowest BCUT2D eigenvalue weighted by Crippen LogP contribution is -2.49. The van der Waals surface area contributed by atoms with E-state index < -0.39 is 0 Å². The molecule has 1 aliphatic heterocycles. The summed E-state index contributed by atoms with van der Waals surface area (Å²) in [6.45, 7) is 5.27. The van der Waals surface area contributed by atoms with E-state index in [9.17, 15) is 9.59 Å². The number of carbonyl (C=O) groups is 1. The minimum absolute atomic E-state index is 0.109. The van der Waals surface area contributed by atoms with E-state index in [0.29, 0.717) is 13.1 Å². The zero-order chi connectivity index (χ0) is 18.5. The number of benzene rings is 1. The fourth-order valence-corrected chi connectivity index (χ4v) is 3.12. The van der Waals surface area contributed by atoms with Crippen LogP contribution in [-0.2, 0) is 11.3 Å². The molecule has 6 nitrogen and oxygen atoms in total. The van der Waals surface area contributed by atoms with Crippen LogP contribution in [0.2, 0.25) is 5.02 Å². The molecule has 1 amide bonds. The van der Waals surface area contributed by atoms with Gasteiger partial charge in [0, 0.05) is 55.7 Å². The molecule has 1 fully saturated rings. The number of carbonyl (C=O) groups excluding carboxylic acids is 1. The molecule has 0 spiro atoms. The highest BCUT2D eigenvalue weighted by atomic mass is 35.5. The van der Waals surface area contributed by atoms with Crippen molar-refractivity contribution in [3.05, 3.63) is 63.0 Å². The van der Waals surface area contributed by atoms with Gasteiger partial charge in [-0.3, -0.25) is 14.5 Å². The Morgan fingerprint density at radius 1 is 1.23 bits per heavy atom. The topological polar surface area (TPSA) is 65.6 Å². The number of aromatic nitrogens is 1. The van der Waals surface area contributed by atoms with E-state index in [-0.39, 0.29) is 23.7 Å². The van der Waals surface area contributed by atoms with E-state index >= 15 is 0 Å². The van der Waals surface area contributed by atoms with Crippen LogP contribution in [0.25, 0.3) is 0 Å². The summed E-state index contributed by atoms with van der Waals surface area (Å²) in [6, 6.07) is 9.26. The second-order valence-electron chi connectivity index (χ2n) is 6.38. The molecule has 0 atom stereocenters. The maximum absolute atomic E-state index is 12.3. The summed E-state index contributed by atoms with van der Waals surface area (Å²) in [5.41, 5.74) is 1.62. The van der Waals surface area contributed by atoms with Crippen LogP contribution in [-0.4, -0.2) is 53.5 Å². The van der Waals surface area contributed by atoms with Crippen molar-refractivity contribution in [2.75, 3.05) is 32.8 Å². The number of nitrogens with one attached hydrogen (secondary N) is 1. The molecule has 138 valence electrons. The zero-order valence-corrected chi connectivity index (χ0v) is 15.5. The van der Waals surface area contributed by atoms with Crippen LogP contribution in [0.4, 0.5) is 0 Å². The third kappa shape index (κ3) is 4.65. The van der Waals surface area contributed by atoms with Gasteiger partial charge in [-0.2, -0.15) is 0 Å². The number of hydrogen-bond acceptors (Lipinski definition) is 4. The SMILES string of the molecule is Cc1cc(=O)c(OCC(=O)N2CCN(Cc3ccccc3Cl)CC2)c[nH]1. The van der Waals surface area contributed by atoms with E-state index in [0.717, 1.165) is 35.9 Å². The van der Waals surface area contributed by atoms with E-state index in [1.165, 1.54) is 12.3 Å². The third-order valence-corrected chi connectivity index (χ3v) is 4.82. The first-order valence-electron chi connectivity index (χ1n) is 8.58. The Hall–Kier alpha value is -2.31. The highest BCUT2D eigenvalue weighted by Crippen LogP contribution is 2.18. The summed E-state index contributed by atoms with van der Waals surface area (Å²) < 4.78 is 5.38. The summed E-state index contributed by atoms with van der Waals surface area (Å²) in [5, 5.41) is 0.766. The third-order valence-electron chi connectivity index (χ3n) is 4.45. The number of rotatable bonds is 5. The number of amides is 1. The molecule has 3 rings (SSSR count). The summed E-state index contributed by atoms with van der Waals surface area (Å²) in [6.07, 6.45) is 1.49. The Labute approximate surface area is 157 Å². The Morgan fingerprint density at radius 2 is 1.96 bits per heavy atom. The molecule has 0 saturated carbocycles. The largest absolute Gasteiger partial charge is 0.478 e. The molecule has 2 heterocycles. The van der Waals surface area contributed by atoms with Crippen molar-refractivity contribution in [2.45, 2.75) is 13.5 Å². The monoisotopic (exact) mass is 375 g/mol. The molecule has 26 heavy (non-hydrogen) atoms. The zero-order valence-electron chi connectivity index (χ0n) is 14.7. The molecular formula is C19H22ClN3O3. The van der Waals surface area contributed by atoms with Crippen LogP contribution >= 0.6 is 11.6 Å². The molecule has 0 aliphatic carbocycles. The van der Waals surface area contributed by atoms with Crippen LogP contribution in [0.15, 0.2) is 41.3 Å². The molecule has 1 aliphatic rings. The van der Waals surface area contributed by atoms with Gasteiger partial charge in [-0.25, -0.2) is 0 Å². The van der Waals surface area contributed by atoms with E-state index in [4.69, 9.17) is 16.3 Å². The van der Waals surface area contributed by atoms with Crippen molar-refractivity contribution in [2.24, 2.45) is 0 Å². The lowest BCUT2D eigenvalue weighted by Gasteiger charge is -2.34. The lowest BCUT2D eigenvalue weighted by atomic mass is 10.2. The standard InChI is InChI=1S/C19H22ClN3O3/c1-14-10-17(24)18(11-21-14)26-13-19(25)23-8-6-22(7-9-23)12-15-4-2-3-5-16(15)20/h2-5,10-11H,6-9,12-13H2,1H3,(H,21,24). The van der Waals surface area contributed by atoms with Crippen molar-refractivity contribution in [1.82, 2.24) is 14.8 Å². The second kappa shape index (κ2) is 8.38. The minimum atomic E-state index is -0.224. The van der Waals surface area contributed by atoms with Crippen LogP contribution in [0.1, 0.15) is 11.3 Å². The quantitative estimate of drug-likeness (QED) is 0.868. The number of aromatic amines is 1. The van der Waals surface area contributed by atoms with Gasteiger partial charge in [0.05, 0.1) is 0 Å². The molecule has 1 aromatic carbocycles. The second-order valence-corrected chi connectivity index (χ2v) is 6.79. The molecule has 1 aromatic heterocycles. The van der Waals surface area contributed by atoms with Crippen molar-refractivity contribution in [3.8, 4) is 5.75 Å². The summed E-state index contributed by atoms with van der Waals surface area (Å²) in [5.74, 6) is 0.0590. The Kier molecular flexibility index (Phi) is 5.96. The molecule has 1 saturated heterocycles. The maximum atomic E-state index is 12.3. The molecule has 0 bridgehead atoms. The van der Waals surface area contributed by atoms with E-state index in [1.807, 2.05) is 24.3 Å². The van der Waals surface area contributed by atoms with Gasteiger partial charge in [-0.1, -0.05) is 29.8 Å². The number of piperazine rings is 1. The van der Waals surface area contributed by atoms with Gasteiger partial charge < -0.3 is 14.6 Å². The fraction of sp³-hybridized carbons (Fsp3) is 0.368. The van der Waals surface area contributed by atoms with Crippen LogP contribution < -0.4 is 10.2 Å². The van der Waals surface area contributed by atoms with Gasteiger partial charge in [0.25, 0.3) is 5.91 Å². The normalized spacial score (nSPS) is 15.1. The first-order valence-corrected chi connectivity index (χ1v) is 8.96. The molecule has 7 heteroatoms. The van der Waals surface area contributed by atoms with E-state index in [1.54, 1.807) is 11.8 Å². The minimum Gasteiger partial charge on any atom is -0.478 e. The van der Waals surface area contributed by atoms with Crippen LogP contribution in [0.5, 0.6) is 5.75 Å². The highest BCUT2D eigenvalue weighted by Gasteiger charge is 2.22. The number of hydrogen-bond donors (Lipinski definition) is 1. The number of aryl methyl sites for hydroxylation is 1. The maximum Gasteiger partial charge on any atom is 0.260 e. The number of halogens is 1. The summed E-state index contributed by atoms with van der Waals surface area (Å²) in [7, 11) is 0. The molecule has 1 N–H and O–H groups in total. The van der Waals surface area contributed by atoms with Gasteiger partial charge >= 0.3 is 0 Å². The number of H-pyrrole nitrogens is 1. The first kappa shape index (κ1) is 18.5. The summed E-state index contributed by atoms with van der Waals surface area (Å²) >= 11 is 6.21. The van der Waals surface area contributed by atoms with Gasteiger partial charge in [0.1, 0.15) is 0 Å². The van der Waals surface area contributed by atoms with Gasteiger partial charge in [-0.15, -0.1) is 0 Å². The highest BCUT2D eigenvalue weighted by molar-refractivity contribution is 6.31. The molecular weight excluding hydrogens is 354 g/mol. The van der Waals surface area contributed by atoms with Gasteiger partial charge in [-0.05, 0) is 18.6 Å². The van der Waals surface area contributed by atoms with E-state index in [2.05, 4.69) is 9.88 Å². The predicted octanol–water partition coefficient (Wildman–Crippen LogP) is 2.06. The first-order chi connectivity index (χ1) is 12.5. The molecule has 0 unspecified atom stereocenters. The fourth-order valence-electron chi connectivity index (χ4n) is 2.93. The number of pyridine rings is 1. The van der Waals surface area contributed by atoms with Crippen LogP contribution in [0, 0.1) is 6.92 Å². The van der Waals surface area contributed by atoms with Crippen molar-refractivity contribution in [1.29, 1.82) is 0 Å². The Morgan fingerprint density at radius 3 is 2.65 bits per heavy atom. The van der Waals surface area contributed by atoms with Crippen molar-refractivity contribution >= 4 is 17.5 Å². The Balaban J connectivity index is 1.47. The van der Waals surface area contributed by atoms with Crippen molar-refractivity contribution < 1.29 is 9.53 Å². The smallest absolute Gasteiger partial charge is 0.260 e. The molecule has 0 radical (unpaired) electrons. The predicted molar refractivity (Wildman–Crippen MR) is 101 cm³/mol. The number of ether oxygens (including phenoxy) is 1.